The number of carbonyl (C=O) groups is 1. The Morgan fingerprint density at radius 2 is 1.91 bits per heavy atom. The van der Waals surface area contributed by atoms with Crippen LogP contribution in [0.1, 0.15) is 19.4 Å². The first kappa shape index (κ1) is 17.4. The fourth-order valence-electron chi connectivity index (χ4n) is 1.77. The molecule has 0 aromatic heterocycles. The molecule has 122 valence electrons. The molecule has 23 heavy (non-hydrogen) atoms. The summed E-state index contributed by atoms with van der Waals surface area (Å²) in [6.45, 7) is 3.98. The van der Waals surface area contributed by atoms with Crippen molar-refractivity contribution in [3.63, 3.8) is 0 Å². The van der Waals surface area contributed by atoms with Crippen LogP contribution >= 0.6 is 15.9 Å². The van der Waals surface area contributed by atoms with E-state index in [1.165, 1.54) is 12.1 Å². The van der Waals surface area contributed by atoms with E-state index >= 15 is 0 Å². The molecule has 2 aromatic rings. The lowest BCUT2D eigenvalue weighted by molar-refractivity contribution is -0.123. The molecule has 0 aliphatic carbocycles. The predicted molar refractivity (Wildman–Crippen MR) is 90.7 cm³/mol. The van der Waals surface area contributed by atoms with Crippen molar-refractivity contribution in [3.8, 4) is 11.5 Å². The van der Waals surface area contributed by atoms with Gasteiger partial charge in [-0.3, -0.25) is 10.1 Å². The van der Waals surface area contributed by atoms with Gasteiger partial charge in [0.25, 0.3) is 0 Å². The lowest BCUT2D eigenvalue weighted by Gasteiger charge is -2.22. The van der Waals surface area contributed by atoms with Crippen LogP contribution in [-0.4, -0.2) is 11.4 Å². The van der Waals surface area contributed by atoms with Gasteiger partial charge in [-0.1, -0.05) is 12.1 Å². The van der Waals surface area contributed by atoms with Crippen LogP contribution in [0.25, 0.3) is 0 Å². The minimum Gasteiger partial charge on any atom is -0.456 e. The zero-order valence-corrected chi connectivity index (χ0v) is 14.5. The normalized spacial score (nSPS) is 11.3. The summed E-state index contributed by atoms with van der Waals surface area (Å²) in [7, 11) is 0. The number of hydrogen-bond acceptors (Lipinski definition) is 3. The lowest BCUT2D eigenvalue weighted by Crippen LogP contribution is -2.50. The number of carbonyl (C=O) groups excluding carboxylic acids is 1. The summed E-state index contributed by atoms with van der Waals surface area (Å²) >= 11 is 3.26. The summed E-state index contributed by atoms with van der Waals surface area (Å²) in [4.78, 5) is 11.3. The molecule has 0 saturated heterocycles. The molecule has 0 heterocycles. The minimum atomic E-state index is -0.770. The standard InChI is InChI=1S/C17H18BrFN2O2/c1-17(2,16(20)22)21-10-11-3-6-13(7-4-11)23-15-8-5-12(19)9-14(15)18/h3-9,21H,10H2,1-2H3,(H2,20,22). The summed E-state index contributed by atoms with van der Waals surface area (Å²) in [6, 6.07) is 11.6. The number of benzene rings is 2. The molecule has 3 N–H and O–H groups in total. The maximum absolute atomic E-state index is 13.1. The Kier molecular flexibility index (Phi) is 5.38. The van der Waals surface area contributed by atoms with Crippen molar-refractivity contribution in [1.29, 1.82) is 0 Å². The molecule has 2 rings (SSSR count). The van der Waals surface area contributed by atoms with Crippen molar-refractivity contribution in [2.45, 2.75) is 25.9 Å². The number of halogens is 2. The van der Waals surface area contributed by atoms with E-state index in [0.717, 1.165) is 5.56 Å². The van der Waals surface area contributed by atoms with Crippen LogP contribution in [0, 0.1) is 5.82 Å². The molecule has 0 aliphatic rings. The average molecular weight is 381 g/mol. The van der Waals surface area contributed by atoms with Crippen molar-refractivity contribution < 1.29 is 13.9 Å². The van der Waals surface area contributed by atoms with Gasteiger partial charge in [0, 0.05) is 6.54 Å². The van der Waals surface area contributed by atoms with Crippen LogP contribution in [0.4, 0.5) is 4.39 Å². The van der Waals surface area contributed by atoms with Gasteiger partial charge in [0.05, 0.1) is 10.0 Å². The smallest absolute Gasteiger partial charge is 0.237 e. The van der Waals surface area contributed by atoms with Gasteiger partial charge in [-0.25, -0.2) is 4.39 Å². The van der Waals surface area contributed by atoms with E-state index in [0.29, 0.717) is 22.5 Å². The topological polar surface area (TPSA) is 64.3 Å². The Morgan fingerprint density at radius 3 is 2.48 bits per heavy atom. The van der Waals surface area contributed by atoms with Crippen LogP contribution in [0.5, 0.6) is 11.5 Å². The van der Waals surface area contributed by atoms with Crippen molar-refractivity contribution in [3.05, 3.63) is 58.3 Å². The molecule has 0 saturated carbocycles. The number of hydrogen-bond donors (Lipinski definition) is 2. The Balaban J connectivity index is 2.01. The van der Waals surface area contributed by atoms with Gasteiger partial charge in [0.1, 0.15) is 17.3 Å². The molecule has 2 aromatic carbocycles. The molecule has 0 spiro atoms. The Morgan fingerprint density at radius 1 is 1.26 bits per heavy atom. The van der Waals surface area contributed by atoms with Crippen molar-refractivity contribution in [2.24, 2.45) is 5.73 Å². The first-order valence-electron chi connectivity index (χ1n) is 7.05. The number of primary amides is 1. The lowest BCUT2D eigenvalue weighted by atomic mass is 10.0. The van der Waals surface area contributed by atoms with Gasteiger partial charge in [0.2, 0.25) is 5.91 Å². The molecular weight excluding hydrogens is 363 g/mol. The van der Waals surface area contributed by atoms with Gasteiger partial charge in [-0.2, -0.15) is 0 Å². The van der Waals surface area contributed by atoms with Crippen LogP contribution in [0.2, 0.25) is 0 Å². The van der Waals surface area contributed by atoms with E-state index in [4.69, 9.17) is 10.5 Å². The zero-order valence-electron chi connectivity index (χ0n) is 12.9. The third-order valence-corrected chi connectivity index (χ3v) is 4.02. The molecule has 6 heteroatoms. The average Bonchev–Trinajstić information content (AvgIpc) is 2.49. The van der Waals surface area contributed by atoms with Crippen molar-refractivity contribution in [1.82, 2.24) is 5.32 Å². The molecular formula is C17H18BrFN2O2. The van der Waals surface area contributed by atoms with Gasteiger partial charge >= 0.3 is 0 Å². The fraction of sp³-hybridized carbons (Fsp3) is 0.235. The Bertz CT molecular complexity index is 702. The minimum absolute atomic E-state index is 0.331. The second-order valence-corrected chi connectivity index (χ2v) is 6.52. The zero-order chi connectivity index (χ0) is 17.0. The quantitative estimate of drug-likeness (QED) is 0.802. The van der Waals surface area contributed by atoms with Crippen molar-refractivity contribution >= 4 is 21.8 Å². The summed E-state index contributed by atoms with van der Waals surface area (Å²) in [5, 5.41) is 3.09. The van der Waals surface area contributed by atoms with Gasteiger partial charge in [-0.05, 0) is 65.7 Å². The van der Waals surface area contributed by atoms with E-state index < -0.39 is 11.4 Å². The number of amides is 1. The number of ether oxygens (including phenoxy) is 1. The third kappa shape index (κ3) is 4.77. The summed E-state index contributed by atoms with van der Waals surface area (Å²) in [6.07, 6.45) is 0. The summed E-state index contributed by atoms with van der Waals surface area (Å²) < 4.78 is 19.3. The van der Waals surface area contributed by atoms with E-state index in [1.54, 1.807) is 19.9 Å². The SMILES string of the molecule is CC(C)(NCc1ccc(Oc2ccc(F)cc2Br)cc1)C(N)=O. The van der Waals surface area contributed by atoms with Crippen LogP contribution < -0.4 is 15.8 Å². The second kappa shape index (κ2) is 7.10. The van der Waals surface area contributed by atoms with Gasteiger partial charge < -0.3 is 10.5 Å². The summed E-state index contributed by atoms with van der Waals surface area (Å²) in [5.41, 5.74) is 5.54. The Labute approximate surface area is 143 Å². The number of rotatable bonds is 6. The summed E-state index contributed by atoms with van der Waals surface area (Å²) in [5.74, 6) is 0.434. The maximum atomic E-state index is 13.1. The van der Waals surface area contributed by atoms with Gasteiger partial charge in [0.15, 0.2) is 0 Å². The first-order chi connectivity index (χ1) is 10.8. The van der Waals surface area contributed by atoms with E-state index in [1.807, 2.05) is 24.3 Å². The molecule has 0 fully saturated rings. The predicted octanol–water partition coefficient (Wildman–Crippen LogP) is 3.73. The fourth-order valence-corrected chi connectivity index (χ4v) is 2.20. The van der Waals surface area contributed by atoms with Gasteiger partial charge in [-0.15, -0.1) is 0 Å². The number of nitrogens with two attached hydrogens (primary N) is 1. The van der Waals surface area contributed by atoms with Crippen LogP contribution in [0.15, 0.2) is 46.9 Å². The first-order valence-corrected chi connectivity index (χ1v) is 7.84. The van der Waals surface area contributed by atoms with Crippen LogP contribution in [0.3, 0.4) is 0 Å². The highest BCUT2D eigenvalue weighted by molar-refractivity contribution is 9.10. The van der Waals surface area contributed by atoms with E-state index in [2.05, 4.69) is 21.2 Å². The maximum Gasteiger partial charge on any atom is 0.237 e. The van der Waals surface area contributed by atoms with Crippen molar-refractivity contribution in [2.75, 3.05) is 0 Å². The molecule has 0 atom stereocenters. The molecule has 0 radical (unpaired) electrons. The third-order valence-electron chi connectivity index (χ3n) is 3.40. The molecule has 4 nitrogen and oxygen atoms in total. The highest BCUT2D eigenvalue weighted by atomic mass is 79.9. The Hall–Kier alpha value is -1.92. The highest BCUT2D eigenvalue weighted by Gasteiger charge is 2.23. The van der Waals surface area contributed by atoms with E-state index in [9.17, 15) is 9.18 Å². The monoisotopic (exact) mass is 380 g/mol. The highest BCUT2D eigenvalue weighted by Crippen LogP contribution is 2.30. The molecule has 0 unspecified atom stereocenters. The molecule has 0 bridgehead atoms. The molecule has 0 aliphatic heterocycles. The number of nitrogens with one attached hydrogen (secondary N) is 1. The second-order valence-electron chi connectivity index (χ2n) is 5.66. The van der Waals surface area contributed by atoms with E-state index in [-0.39, 0.29) is 5.82 Å². The molecule has 1 amide bonds. The van der Waals surface area contributed by atoms with Crippen LogP contribution in [-0.2, 0) is 11.3 Å². The largest absolute Gasteiger partial charge is 0.456 e.